The quantitative estimate of drug-likeness (QED) is 0.500. The molecule has 7 heteroatoms. The fourth-order valence-corrected chi connectivity index (χ4v) is 2.00. The van der Waals surface area contributed by atoms with Gasteiger partial charge in [-0.1, -0.05) is 34.8 Å². The summed E-state index contributed by atoms with van der Waals surface area (Å²) in [5.41, 5.74) is -4.39. The average Bonchev–Trinajstić information content (AvgIpc) is 2.04. The molecule has 1 aromatic rings. The van der Waals surface area contributed by atoms with Crippen molar-refractivity contribution in [3.8, 4) is 0 Å². The standard InChI is InChI=1S/C7H2Cl3F3S/c8-3-1-2-4(6(10)5(3)9)14-7(11,12)13/h1-2H. The average molecular weight is 282 g/mol. The molecule has 0 aliphatic carbocycles. The summed E-state index contributed by atoms with van der Waals surface area (Å²) in [4.78, 5) is -0.159. The fraction of sp³-hybridized carbons (Fsp3) is 0.143. The molecule has 0 bridgehead atoms. The first-order valence-corrected chi connectivity index (χ1v) is 5.15. The summed E-state index contributed by atoms with van der Waals surface area (Å²) >= 11 is 16.4. The Kier molecular flexibility index (Phi) is 3.86. The van der Waals surface area contributed by atoms with Crippen LogP contribution in [-0.4, -0.2) is 5.51 Å². The molecule has 1 rings (SSSR count). The monoisotopic (exact) mass is 280 g/mol. The van der Waals surface area contributed by atoms with E-state index in [1.165, 1.54) is 12.1 Å². The Labute approximate surface area is 97.3 Å². The van der Waals surface area contributed by atoms with Crippen LogP contribution in [0.1, 0.15) is 0 Å². The summed E-state index contributed by atoms with van der Waals surface area (Å²) in [6.45, 7) is 0. The van der Waals surface area contributed by atoms with Crippen LogP contribution in [0, 0.1) is 0 Å². The van der Waals surface area contributed by atoms with Gasteiger partial charge in [-0.05, 0) is 23.9 Å². The van der Waals surface area contributed by atoms with E-state index in [-0.39, 0.29) is 31.7 Å². The Hall–Kier alpha value is 0.230. The maximum Gasteiger partial charge on any atom is 0.446 e. The fourth-order valence-electron chi connectivity index (χ4n) is 0.712. The van der Waals surface area contributed by atoms with Crippen molar-refractivity contribution in [1.82, 2.24) is 0 Å². The van der Waals surface area contributed by atoms with Crippen LogP contribution in [0.2, 0.25) is 15.1 Å². The molecule has 0 aromatic heterocycles. The summed E-state index contributed by atoms with van der Waals surface area (Å²) in [6, 6.07) is 2.44. The van der Waals surface area contributed by atoms with Gasteiger partial charge in [0.15, 0.2) is 0 Å². The van der Waals surface area contributed by atoms with Gasteiger partial charge in [0, 0.05) is 4.90 Å². The molecule has 78 valence electrons. The van der Waals surface area contributed by atoms with Crippen LogP contribution in [-0.2, 0) is 0 Å². The van der Waals surface area contributed by atoms with E-state index in [2.05, 4.69) is 0 Å². The van der Waals surface area contributed by atoms with Gasteiger partial charge in [-0.2, -0.15) is 13.2 Å². The molecule has 0 aliphatic rings. The van der Waals surface area contributed by atoms with Crippen LogP contribution in [0.3, 0.4) is 0 Å². The van der Waals surface area contributed by atoms with Gasteiger partial charge < -0.3 is 0 Å². The minimum absolute atomic E-state index is 0.0671. The minimum atomic E-state index is -4.39. The third kappa shape index (κ3) is 3.12. The van der Waals surface area contributed by atoms with Crippen molar-refractivity contribution in [3.63, 3.8) is 0 Å². The molecule has 1 aromatic carbocycles. The third-order valence-corrected chi connectivity index (χ3v) is 3.42. The number of alkyl halides is 3. The molecule has 0 amide bonds. The lowest BCUT2D eigenvalue weighted by atomic mass is 10.4. The van der Waals surface area contributed by atoms with Crippen molar-refractivity contribution >= 4 is 46.6 Å². The highest BCUT2D eigenvalue weighted by molar-refractivity contribution is 8.00. The topological polar surface area (TPSA) is 0 Å². The van der Waals surface area contributed by atoms with Crippen LogP contribution in [0.4, 0.5) is 13.2 Å². The van der Waals surface area contributed by atoms with Crippen LogP contribution in [0.25, 0.3) is 0 Å². The predicted octanol–water partition coefficient (Wildman–Crippen LogP) is 5.26. The second kappa shape index (κ2) is 4.39. The van der Waals surface area contributed by atoms with E-state index in [9.17, 15) is 13.2 Å². The molecular formula is C7H2Cl3F3S. The van der Waals surface area contributed by atoms with Crippen LogP contribution < -0.4 is 0 Å². The van der Waals surface area contributed by atoms with Crippen LogP contribution >= 0.6 is 46.6 Å². The molecule has 0 radical (unpaired) electrons. The smallest absolute Gasteiger partial charge is 0.160 e. The zero-order valence-corrected chi connectivity index (χ0v) is 9.42. The molecule has 0 heterocycles. The van der Waals surface area contributed by atoms with E-state index in [0.717, 1.165) is 0 Å². The number of hydrogen-bond donors (Lipinski definition) is 0. The van der Waals surface area contributed by atoms with Crippen molar-refractivity contribution in [3.05, 3.63) is 27.2 Å². The lowest BCUT2D eigenvalue weighted by molar-refractivity contribution is -0.0328. The van der Waals surface area contributed by atoms with E-state index in [1.54, 1.807) is 0 Å². The lowest BCUT2D eigenvalue weighted by Crippen LogP contribution is -1.99. The Morgan fingerprint density at radius 2 is 1.57 bits per heavy atom. The summed E-state index contributed by atoms with van der Waals surface area (Å²) in [5, 5.41) is -0.118. The normalized spacial score (nSPS) is 11.9. The molecule has 0 nitrogen and oxygen atoms in total. The first kappa shape index (κ1) is 12.3. The zero-order chi connectivity index (χ0) is 10.9. The second-order valence-electron chi connectivity index (χ2n) is 2.22. The van der Waals surface area contributed by atoms with Gasteiger partial charge in [-0.3, -0.25) is 0 Å². The first-order chi connectivity index (χ1) is 6.31. The Morgan fingerprint density at radius 1 is 1.00 bits per heavy atom. The molecule has 14 heavy (non-hydrogen) atoms. The minimum Gasteiger partial charge on any atom is -0.160 e. The van der Waals surface area contributed by atoms with Gasteiger partial charge in [0.25, 0.3) is 0 Å². The Balaban J connectivity index is 3.06. The molecule has 0 fully saturated rings. The molecule has 0 saturated carbocycles. The SMILES string of the molecule is FC(F)(F)Sc1ccc(Cl)c(Cl)c1Cl. The van der Waals surface area contributed by atoms with Gasteiger partial charge in [0.2, 0.25) is 0 Å². The number of benzene rings is 1. The molecule has 0 atom stereocenters. The van der Waals surface area contributed by atoms with E-state index in [0.29, 0.717) is 0 Å². The van der Waals surface area contributed by atoms with Crippen molar-refractivity contribution in [1.29, 1.82) is 0 Å². The molecular weight excluding hydrogens is 279 g/mol. The molecule has 0 aliphatic heterocycles. The van der Waals surface area contributed by atoms with E-state index < -0.39 is 5.51 Å². The van der Waals surface area contributed by atoms with Crippen molar-refractivity contribution in [2.24, 2.45) is 0 Å². The van der Waals surface area contributed by atoms with Gasteiger partial charge in [0.1, 0.15) is 0 Å². The highest BCUT2D eigenvalue weighted by atomic mass is 35.5. The Bertz CT molecular complexity index is 351. The Morgan fingerprint density at radius 3 is 2.07 bits per heavy atom. The largest absolute Gasteiger partial charge is 0.446 e. The highest BCUT2D eigenvalue weighted by Crippen LogP contribution is 2.44. The van der Waals surface area contributed by atoms with E-state index in [1.807, 2.05) is 0 Å². The molecule has 0 saturated heterocycles. The molecule has 0 N–H and O–H groups in total. The van der Waals surface area contributed by atoms with Gasteiger partial charge in [0.05, 0.1) is 15.1 Å². The summed E-state index contributed by atoms with van der Waals surface area (Å²) in [5.74, 6) is 0. The van der Waals surface area contributed by atoms with Crippen molar-refractivity contribution in [2.45, 2.75) is 10.4 Å². The van der Waals surface area contributed by atoms with Crippen LogP contribution in [0.15, 0.2) is 17.0 Å². The highest BCUT2D eigenvalue weighted by Gasteiger charge is 2.30. The molecule has 0 spiro atoms. The van der Waals surface area contributed by atoms with Crippen LogP contribution in [0.5, 0.6) is 0 Å². The second-order valence-corrected chi connectivity index (χ2v) is 4.49. The predicted molar refractivity (Wildman–Crippen MR) is 53.4 cm³/mol. The third-order valence-electron chi connectivity index (χ3n) is 1.23. The van der Waals surface area contributed by atoms with Gasteiger partial charge in [-0.15, -0.1) is 0 Å². The number of thioether (sulfide) groups is 1. The summed E-state index contributed by atoms with van der Waals surface area (Å²) in [7, 11) is 0. The summed E-state index contributed by atoms with van der Waals surface area (Å²) in [6.07, 6.45) is 0. The first-order valence-electron chi connectivity index (χ1n) is 3.20. The maximum absolute atomic E-state index is 12.0. The number of rotatable bonds is 1. The van der Waals surface area contributed by atoms with E-state index >= 15 is 0 Å². The number of hydrogen-bond acceptors (Lipinski definition) is 1. The maximum atomic E-state index is 12.0. The van der Waals surface area contributed by atoms with E-state index in [4.69, 9.17) is 34.8 Å². The van der Waals surface area contributed by atoms with Gasteiger partial charge >= 0.3 is 5.51 Å². The lowest BCUT2D eigenvalue weighted by Gasteiger charge is -2.08. The van der Waals surface area contributed by atoms with Crippen molar-refractivity contribution < 1.29 is 13.2 Å². The zero-order valence-electron chi connectivity index (χ0n) is 6.33. The molecule has 0 unspecified atom stereocenters. The number of halogens is 6. The summed E-state index contributed by atoms with van der Waals surface area (Å²) < 4.78 is 35.9. The van der Waals surface area contributed by atoms with Gasteiger partial charge in [-0.25, -0.2) is 0 Å². The van der Waals surface area contributed by atoms with Crippen molar-refractivity contribution in [2.75, 3.05) is 0 Å².